The number of alkyl halides is 3. The van der Waals surface area contributed by atoms with Crippen LogP contribution in [0, 0.1) is 5.92 Å². The molecule has 0 bridgehead atoms. The number of halogens is 3. The van der Waals surface area contributed by atoms with Gasteiger partial charge in [0, 0.05) is 19.1 Å². The molecule has 1 aromatic carbocycles. The number of likely N-dealkylation sites (tertiary alicyclic amines) is 1. The lowest BCUT2D eigenvalue weighted by molar-refractivity contribution is -0.153. The second-order valence-electron chi connectivity index (χ2n) is 5.94. The number of aliphatic carboxylic acids is 1. The molecule has 128 valence electrons. The van der Waals surface area contributed by atoms with Gasteiger partial charge in [-0.2, -0.15) is 13.2 Å². The molecule has 23 heavy (non-hydrogen) atoms. The van der Waals surface area contributed by atoms with E-state index in [0.717, 1.165) is 12.0 Å². The Hall–Kier alpha value is -1.76. The topological polar surface area (TPSA) is 49.8 Å². The van der Waals surface area contributed by atoms with Crippen molar-refractivity contribution in [3.05, 3.63) is 29.8 Å². The van der Waals surface area contributed by atoms with Crippen LogP contribution in [-0.4, -0.2) is 41.3 Å². The third-order valence-electron chi connectivity index (χ3n) is 4.05. The first-order valence-electron chi connectivity index (χ1n) is 7.50. The van der Waals surface area contributed by atoms with Crippen LogP contribution in [0.4, 0.5) is 13.2 Å². The molecular weight excluding hydrogens is 311 g/mol. The number of rotatable bonds is 5. The maximum atomic E-state index is 12.2. The minimum Gasteiger partial charge on any atom is -0.484 e. The molecule has 0 aliphatic carbocycles. The molecule has 1 aromatic rings. The summed E-state index contributed by atoms with van der Waals surface area (Å²) in [5.41, 5.74) is 0.808. The number of carboxylic acids is 1. The van der Waals surface area contributed by atoms with Crippen LogP contribution in [-0.2, 0) is 11.3 Å². The Kier molecular flexibility index (Phi) is 5.51. The Morgan fingerprint density at radius 3 is 2.78 bits per heavy atom. The van der Waals surface area contributed by atoms with Crippen molar-refractivity contribution in [2.24, 2.45) is 5.92 Å². The molecule has 2 rings (SSSR count). The van der Waals surface area contributed by atoms with Crippen molar-refractivity contribution in [1.82, 2.24) is 4.90 Å². The van der Waals surface area contributed by atoms with E-state index < -0.39 is 24.7 Å². The number of carboxylic acid groups (broad SMARTS) is 1. The predicted molar refractivity (Wildman–Crippen MR) is 78.2 cm³/mol. The van der Waals surface area contributed by atoms with Crippen LogP contribution in [0.2, 0.25) is 0 Å². The van der Waals surface area contributed by atoms with E-state index in [-0.39, 0.29) is 11.8 Å². The van der Waals surface area contributed by atoms with Gasteiger partial charge >= 0.3 is 12.1 Å². The molecule has 0 spiro atoms. The van der Waals surface area contributed by atoms with E-state index in [0.29, 0.717) is 19.5 Å². The van der Waals surface area contributed by atoms with Crippen LogP contribution < -0.4 is 4.74 Å². The zero-order valence-corrected chi connectivity index (χ0v) is 12.8. The lowest BCUT2D eigenvalue weighted by Crippen LogP contribution is -2.43. The summed E-state index contributed by atoms with van der Waals surface area (Å²) in [4.78, 5) is 13.2. The van der Waals surface area contributed by atoms with Gasteiger partial charge in [-0.15, -0.1) is 0 Å². The van der Waals surface area contributed by atoms with Crippen LogP contribution >= 0.6 is 0 Å². The van der Waals surface area contributed by atoms with E-state index in [1.54, 1.807) is 18.2 Å². The summed E-state index contributed by atoms with van der Waals surface area (Å²) >= 11 is 0. The minimum atomic E-state index is -4.37. The van der Waals surface area contributed by atoms with Gasteiger partial charge in [-0.25, -0.2) is 0 Å². The van der Waals surface area contributed by atoms with E-state index in [9.17, 15) is 18.0 Å². The van der Waals surface area contributed by atoms with Gasteiger partial charge in [0.1, 0.15) is 5.75 Å². The molecule has 1 saturated heterocycles. The van der Waals surface area contributed by atoms with Crippen molar-refractivity contribution in [3.8, 4) is 5.75 Å². The summed E-state index contributed by atoms with van der Waals surface area (Å²) in [5, 5.41) is 9.15. The van der Waals surface area contributed by atoms with Crippen molar-refractivity contribution < 1.29 is 27.8 Å². The van der Waals surface area contributed by atoms with Gasteiger partial charge in [0.25, 0.3) is 0 Å². The molecular formula is C16H20F3NO3. The van der Waals surface area contributed by atoms with Gasteiger partial charge in [-0.3, -0.25) is 9.69 Å². The second kappa shape index (κ2) is 7.21. The fourth-order valence-corrected chi connectivity index (χ4v) is 2.73. The van der Waals surface area contributed by atoms with E-state index in [4.69, 9.17) is 9.84 Å². The number of benzene rings is 1. The van der Waals surface area contributed by atoms with E-state index in [2.05, 4.69) is 0 Å². The molecule has 1 aliphatic rings. The maximum Gasteiger partial charge on any atom is 0.422 e. The summed E-state index contributed by atoms with van der Waals surface area (Å²) in [5.74, 6) is -1.03. The molecule has 7 heteroatoms. The Bertz CT molecular complexity index is 548. The molecule has 1 N–H and O–H groups in total. The standard InChI is InChI=1S/C16H20F3NO3/c1-11-5-6-13(15(21)22)9-20(11)8-12-3-2-4-14(7-12)23-10-16(17,18)19/h2-4,7,11,13H,5-6,8-10H2,1H3,(H,21,22). The van der Waals surface area contributed by atoms with Crippen LogP contribution in [0.3, 0.4) is 0 Å². The highest BCUT2D eigenvalue weighted by atomic mass is 19.4. The predicted octanol–water partition coefficient (Wildman–Crippen LogP) is 3.31. The van der Waals surface area contributed by atoms with Crippen molar-refractivity contribution in [2.75, 3.05) is 13.2 Å². The molecule has 0 radical (unpaired) electrons. The van der Waals surface area contributed by atoms with Crippen molar-refractivity contribution in [2.45, 2.75) is 38.5 Å². The van der Waals surface area contributed by atoms with Crippen molar-refractivity contribution in [1.29, 1.82) is 0 Å². The fourth-order valence-electron chi connectivity index (χ4n) is 2.73. The third-order valence-corrected chi connectivity index (χ3v) is 4.05. The van der Waals surface area contributed by atoms with Crippen LogP contribution in [0.1, 0.15) is 25.3 Å². The maximum absolute atomic E-state index is 12.2. The zero-order valence-electron chi connectivity index (χ0n) is 12.8. The summed E-state index contributed by atoms with van der Waals surface area (Å²) in [6.07, 6.45) is -2.92. The summed E-state index contributed by atoms with van der Waals surface area (Å²) in [6, 6.07) is 6.74. The molecule has 0 aromatic heterocycles. The molecule has 1 aliphatic heterocycles. The Balaban J connectivity index is 2.00. The van der Waals surface area contributed by atoms with Gasteiger partial charge in [0.2, 0.25) is 0 Å². The highest BCUT2D eigenvalue weighted by molar-refractivity contribution is 5.70. The van der Waals surface area contributed by atoms with Gasteiger partial charge in [0.05, 0.1) is 5.92 Å². The van der Waals surface area contributed by atoms with Crippen molar-refractivity contribution in [3.63, 3.8) is 0 Å². The number of hydrogen-bond donors (Lipinski definition) is 1. The van der Waals surface area contributed by atoms with E-state index in [1.807, 2.05) is 11.8 Å². The van der Waals surface area contributed by atoms with Gasteiger partial charge < -0.3 is 9.84 Å². The Labute approximate surface area is 132 Å². The molecule has 2 atom stereocenters. The molecule has 0 amide bonds. The number of carbonyl (C=O) groups is 1. The summed E-state index contributed by atoms with van der Waals surface area (Å²) in [6.45, 7) is 1.65. The number of ether oxygens (including phenoxy) is 1. The van der Waals surface area contributed by atoms with Gasteiger partial charge in [-0.1, -0.05) is 12.1 Å². The van der Waals surface area contributed by atoms with E-state index in [1.165, 1.54) is 6.07 Å². The summed E-state index contributed by atoms with van der Waals surface area (Å²) in [7, 11) is 0. The highest BCUT2D eigenvalue weighted by Gasteiger charge is 2.30. The zero-order chi connectivity index (χ0) is 17.0. The quantitative estimate of drug-likeness (QED) is 0.899. The molecule has 4 nitrogen and oxygen atoms in total. The summed E-state index contributed by atoms with van der Waals surface area (Å²) < 4.78 is 41.3. The average Bonchev–Trinajstić information content (AvgIpc) is 2.47. The average molecular weight is 331 g/mol. The fraction of sp³-hybridized carbons (Fsp3) is 0.562. The Morgan fingerprint density at radius 1 is 1.39 bits per heavy atom. The van der Waals surface area contributed by atoms with Gasteiger partial charge in [-0.05, 0) is 37.5 Å². The van der Waals surface area contributed by atoms with Crippen molar-refractivity contribution >= 4 is 5.97 Å². The lowest BCUT2D eigenvalue weighted by Gasteiger charge is -2.36. The minimum absolute atomic E-state index is 0.166. The molecule has 1 fully saturated rings. The monoisotopic (exact) mass is 331 g/mol. The molecule has 1 heterocycles. The third kappa shape index (κ3) is 5.42. The molecule has 2 unspecified atom stereocenters. The smallest absolute Gasteiger partial charge is 0.422 e. The largest absolute Gasteiger partial charge is 0.484 e. The molecule has 0 saturated carbocycles. The van der Waals surface area contributed by atoms with Crippen LogP contribution in [0.15, 0.2) is 24.3 Å². The lowest BCUT2D eigenvalue weighted by atomic mass is 9.93. The number of piperidine rings is 1. The first-order valence-corrected chi connectivity index (χ1v) is 7.50. The normalized spacial score (nSPS) is 22.8. The first-order chi connectivity index (χ1) is 10.7. The number of nitrogens with zero attached hydrogens (tertiary/aromatic N) is 1. The van der Waals surface area contributed by atoms with Crippen LogP contribution in [0.25, 0.3) is 0 Å². The SMILES string of the molecule is CC1CCC(C(=O)O)CN1Cc1cccc(OCC(F)(F)F)c1. The highest BCUT2D eigenvalue weighted by Crippen LogP contribution is 2.25. The van der Waals surface area contributed by atoms with Gasteiger partial charge in [0.15, 0.2) is 6.61 Å². The van der Waals surface area contributed by atoms with Crippen LogP contribution in [0.5, 0.6) is 5.75 Å². The van der Waals surface area contributed by atoms with E-state index >= 15 is 0 Å². The number of hydrogen-bond acceptors (Lipinski definition) is 3. The Morgan fingerprint density at radius 2 is 2.13 bits per heavy atom. The first kappa shape index (κ1) is 17.6. The second-order valence-corrected chi connectivity index (χ2v) is 5.94.